The van der Waals surface area contributed by atoms with E-state index in [2.05, 4.69) is 5.32 Å². The summed E-state index contributed by atoms with van der Waals surface area (Å²) in [7, 11) is 3.52. The minimum absolute atomic E-state index is 0.143. The van der Waals surface area contributed by atoms with Crippen molar-refractivity contribution < 1.29 is 9.47 Å². The van der Waals surface area contributed by atoms with Crippen molar-refractivity contribution in [1.82, 2.24) is 5.32 Å². The second-order valence-corrected chi connectivity index (χ2v) is 3.74. The van der Waals surface area contributed by atoms with Crippen LogP contribution >= 0.6 is 0 Å². The minimum atomic E-state index is 0.143. The number of nitrogens with two attached hydrogens (primary N) is 1. The molecule has 1 aromatic carbocycles. The fourth-order valence-electron chi connectivity index (χ4n) is 1.86. The van der Waals surface area contributed by atoms with Crippen LogP contribution in [0.3, 0.4) is 0 Å². The first-order chi connectivity index (χ1) is 7.77. The molecule has 5 heteroatoms. The lowest BCUT2D eigenvalue weighted by atomic mass is 10.2. The van der Waals surface area contributed by atoms with Gasteiger partial charge in [0.25, 0.3) is 0 Å². The van der Waals surface area contributed by atoms with Gasteiger partial charge in [-0.05, 0) is 19.2 Å². The van der Waals surface area contributed by atoms with Gasteiger partial charge in [0.15, 0.2) is 11.5 Å². The molecule has 0 saturated heterocycles. The van der Waals surface area contributed by atoms with Crippen molar-refractivity contribution in [3.8, 4) is 11.5 Å². The number of anilines is 1. The number of nitrogens with one attached hydrogen (secondary N) is 1. The molecule has 88 valence electrons. The highest BCUT2D eigenvalue weighted by molar-refractivity contribution is 5.65. The maximum absolute atomic E-state index is 6.06. The molecule has 0 fully saturated rings. The van der Waals surface area contributed by atoms with E-state index in [-0.39, 0.29) is 6.04 Å². The second kappa shape index (κ2) is 4.59. The highest BCUT2D eigenvalue weighted by atomic mass is 16.5. The van der Waals surface area contributed by atoms with Crippen molar-refractivity contribution in [3.05, 3.63) is 18.2 Å². The van der Waals surface area contributed by atoms with Gasteiger partial charge in [-0.2, -0.15) is 0 Å². The molecule has 0 radical (unpaired) electrons. The van der Waals surface area contributed by atoms with Crippen LogP contribution in [0.5, 0.6) is 11.5 Å². The normalized spacial score (nSPS) is 18.9. The summed E-state index contributed by atoms with van der Waals surface area (Å²) in [4.78, 5) is 0. The molecular formula is C11H17N3O2. The van der Waals surface area contributed by atoms with E-state index in [4.69, 9.17) is 15.3 Å². The minimum Gasteiger partial charge on any atom is -0.493 e. The van der Waals surface area contributed by atoms with Crippen molar-refractivity contribution in [2.45, 2.75) is 6.04 Å². The Morgan fingerprint density at radius 2 is 2.44 bits per heavy atom. The molecule has 0 aromatic heterocycles. The van der Waals surface area contributed by atoms with Gasteiger partial charge in [0.2, 0.25) is 0 Å². The third-order valence-corrected chi connectivity index (χ3v) is 2.71. The van der Waals surface area contributed by atoms with E-state index >= 15 is 0 Å². The summed E-state index contributed by atoms with van der Waals surface area (Å²) in [6.45, 7) is 1.35. The molecule has 1 heterocycles. The van der Waals surface area contributed by atoms with Crippen molar-refractivity contribution in [2.24, 2.45) is 5.84 Å². The highest BCUT2D eigenvalue weighted by Crippen LogP contribution is 2.39. The number of benzene rings is 1. The summed E-state index contributed by atoms with van der Waals surface area (Å²) in [5, 5.41) is 4.83. The molecule has 0 aliphatic carbocycles. The summed E-state index contributed by atoms with van der Waals surface area (Å²) in [5.41, 5.74) is 0.867. The average Bonchev–Trinajstić information content (AvgIpc) is 2.32. The van der Waals surface area contributed by atoms with Gasteiger partial charge in [0.05, 0.1) is 18.8 Å². The molecule has 0 bridgehead atoms. The van der Waals surface area contributed by atoms with Crippen LogP contribution in [0.25, 0.3) is 0 Å². The molecule has 1 aliphatic heterocycles. The number of likely N-dealkylation sites (N-methyl/N-ethyl adjacent to an activating group) is 1. The standard InChI is InChI=1S/C11H17N3O2/c1-13-6-8-7-16-11-9(14(8)12)4-3-5-10(11)15-2/h3-5,8,13H,6-7,12H2,1-2H3. The molecule has 1 unspecified atom stereocenters. The molecule has 0 saturated carbocycles. The Balaban J connectivity index is 2.31. The molecule has 0 amide bonds. The van der Waals surface area contributed by atoms with Crippen molar-refractivity contribution in [2.75, 3.05) is 32.3 Å². The number of ether oxygens (including phenoxy) is 2. The zero-order chi connectivity index (χ0) is 11.5. The zero-order valence-corrected chi connectivity index (χ0v) is 9.56. The fourth-order valence-corrected chi connectivity index (χ4v) is 1.86. The highest BCUT2D eigenvalue weighted by Gasteiger charge is 2.27. The Morgan fingerprint density at radius 1 is 1.62 bits per heavy atom. The van der Waals surface area contributed by atoms with Gasteiger partial charge >= 0.3 is 0 Å². The Bertz CT molecular complexity index is 370. The van der Waals surface area contributed by atoms with Gasteiger partial charge in [-0.25, -0.2) is 5.84 Å². The van der Waals surface area contributed by atoms with Gasteiger partial charge in [0.1, 0.15) is 6.61 Å². The van der Waals surface area contributed by atoms with Crippen molar-refractivity contribution >= 4 is 5.69 Å². The number of hydrogen-bond acceptors (Lipinski definition) is 5. The van der Waals surface area contributed by atoms with Gasteiger partial charge < -0.3 is 14.8 Å². The van der Waals surface area contributed by atoms with E-state index in [9.17, 15) is 0 Å². The van der Waals surface area contributed by atoms with E-state index < -0.39 is 0 Å². The third kappa shape index (κ3) is 1.79. The zero-order valence-electron chi connectivity index (χ0n) is 9.56. The second-order valence-electron chi connectivity index (χ2n) is 3.74. The summed E-state index contributed by atoms with van der Waals surface area (Å²) in [6.07, 6.45) is 0. The van der Waals surface area contributed by atoms with Crippen molar-refractivity contribution in [3.63, 3.8) is 0 Å². The van der Waals surface area contributed by atoms with Crippen LogP contribution in [-0.4, -0.2) is 33.4 Å². The number of rotatable bonds is 3. The van der Waals surface area contributed by atoms with E-state index in [1.54, 1.807) is 12.1 Å². The lowest BCUT2D eigenvalue weighted by Gasteiger charge is -2.35. The fraction of sp³-hybridized carbons (Fsp3) is 0.455. The quantitative estimate of drug-likeness (QED) is 0.724. The summed E-state index contributed by atoms with van der Waals surface area (Å²) in [6, 6.07) is 5.84. The van der Waals surface area contributed by atoms with Gasteiger partial charge in [-0.3, -0.25) is 5.01 Å². The van der Waals surface area contributed by atoms with E-state index in [1.807, 2.05) is 25.2 Å². The van der Waals surface area contributed by atoms with Crippen LogP contribution in [0, 0.1) is 0 Å². The molecule has 0 spiro atoms. The Hall–Kier alpha value is -1.46. The Labute approximate surface area is 95.1 Å². The Kier molecular flexibility index (Phi) is 3.17. The SMILES string of the molecule is CNCC1COc2c(OC)cccc2N1N. The molecule has 3 N–H and O–H groups in total. The van der Waals surface area contributed by atoms with Crippen LogP contribution < -0.4 is 25.6 Å². The third-order valence-electron chi connectivity index (χ3n) is 2.71. The summed E-state index contributed by atoms with van der Waals surface area (Å²) < 4.78 is 10.9. The first kappa shape index (κ1) is 11.0. The number of para-hydroxylation sites is 1. The van der Waals surface area contributed by atoms with Gasteiger partial charge in [-0.1, -0.05) is 6.07 Å². The number of methoxy groups -OCH3 is 1. The Morgan fingerprint density at radius 3 is 3.12 bits per heavy atom. The lowest BCUT2D eigenvalue weighted by Crippen LogP contribution is -2.52. The molecule has 16 heavy (non-hydrogen) atoms. The molecule has 1 atom stereocenters. The monoisotopic (exact) mass is 223 g/mol. The van der Waals surface area contributed by atoms with E-state index in [1.165, 1.54) is 0 Å². The van der Waals surface area contributed by atoms with E-state index in [0.29, 0.717) is 6.61 Å². The first-order valence-electron chi connectivity index (χ1n) is 5.26. The predicted molar refractivity (Wildman–Crippen MR) is 62.9 cm³/mol. The maximum Gasteiger partial charge on any atom is 0.185 e. The first-order valence-corrected chi connectivity index (χ1v) is 5.26. The summed E-state index contributed by atoms with van der Waals surface area (Å²) >= 11 is 0. The van der Waals surface area contributed by atoms with Crippen LogP contribution in [0.15, 0.2) is 18.2 Å². The smallest absolute Gasteiger partial charge is 0.185 e. The van der Waals surface area contributed by atoms with Crippen LogP contribution in [0.4, 0.5) is 5.69 Å². The number of hydrazine groups is 1. The largest absolute Gasteiger partial charge is 0.493 e. The van der Waals surface area contributed by atoms with E-state index in [0.717, 1.165) is 23.7 Å². The van der Waals surface area contributed by atoms with Crippen LogP contribution in [0.1, 0.15) is 0 Å². The van der Waals surface area contributed by atoms with Crippen LogP contribution in [0.2, 0.25) is 0 Å². The van der Waals surface area contributed by atoms with Crippen molar-refractivity contribution in [1.29, 1.82) is 0 Å². The average molecular weight is 223 g/mol. The predicted octanol–water partition coefficient (Wildman–Crippen LogP) is 0.356. The molecule has 5 nitrogen and oxygen atoms in total. The molecular weight excluding hydrogens is 206 g/mol. The molecule has 1 aromatic rings. The van der Waals surface area contributed by atoms with Crippen LogP contribution in [-0.2, 0) is 0 Å². The topological polar surface area (TPSA) is 59.8 Å². The molecule has 2 rings (SSSR count). The molecule has 1 aliphatic rings. The number of fused-ring (bicyclic) bond motifs is 1. The number of nitrogens with zero attached hydrogens (tertiary/aromatic N) is 1. The van der Waals surface area contributed by atoms with Gasteiger partial charge in [-0.15, -0.1) is 0 Å². The number of hydrogen-bond donors (Lipinski definition) is 2. The van der Waals surface area contributed by atoms with Gasteiger partial charge in [0, 0.05) is 6.54 Å². The maximum atomic E-state index is 6.06. The lowest BCUT2D eigenvalue weighted by molar-refractivity contribution is 0.246. The summed E-state index contributed by atoms with van der Waals surface area (Å²) in [5.74, 6) is 7.50.